The number of amides is 1. The molecule has 2 heterocycles. The first-order valence-corrected chi connectivity index (χ1v) is 10.1. The molecule has 8 heteroatoms. The SMILES string of the molecule is COc1ccc(CC(=O)OCC(=O)c2ccc(CC(=O)N3CCOCC3)s2)cc1. The number of hydrogen-bond donors (Lipinski definition) is 0. The highest BCUT2D eigenvalue weighted by atomic mass is 32.1. The summed E-state index contributed by atoms with van der Waals surface area (Å²) in [6.45, 7) is 2.00. The second-order valence-corrected chi connectivity index (χ2v) is 7.71. The third-order valence-corrected chi connectivity index (χ3v) is 5.62. The number of thiophene rings is 1. The highest BCUT2D eigenvalue weighted by molar-refractivity contribution is 7.14. The maximum Gasteiger partial charge on any atom is 0.310 e. The van der Waals surface area contributed by atoms with Gasteiger partial charge >= 0.3 is 5.97 Å². The van der Waals surface area contributed by atoms with Crippen molar-refractivity contribution in [1.82, 2.24) is 4.90 Å². The van der Waals surface area contributed by atoms with Gasteiger partial charge < -0.3 is 19.1 Å². The Bertz CT molecular complexity index is 854. The van der Waals surface area contributed by atoms with Crippen LogP contribution in [0.4, 0.5) is 0 Å². The average molecular weight is 417 g/mol. The summed E-state index contributed by atoms with van der Waals surface area (Å²) in [5.41, 5.74) is 0.781. The fourth-order valence-corrected chi connectivity index (χ4v) is 3.80. The van der Waals surface area contributed by atoms with Crippen molar-refractivity contribution in [2.24, 2.45) is 0 Å². The lowest BCUT2D eigenvalue weighted by Gasteiger charge is -2.26. The maximum atomic E-state index is 12.3. The molecule has 1 aromatic heterocycles. The first-order chi connectivity index (χ1) is 14.0. The lowest BCUT2D eigenvalue weighted by molar-refractivity contribution is -0.141. The molecule has 1 saturated heterocycles. The van der Waals surface area contributed by atoms with E-state index in [2.05, 4.69) is 0 Å². The molecule has 0 aliphatic carbocycles. The smallest absolute Gasteiger partial charge is 0.310 e. The molecule has 0 N–H and O–H groups in total. The first-order valence-electron chi connectivity index (χ1n) is 9.31. The topological polar surface area (TPSA) is 82.1 Å². The van der Waals surface area contributed by atoms with Crippen molar-refractivity contribution in [3.05, 3.63) is 51.7 Å². The van der Waals surface area contributed by atoms with Crippen molar-refractivity contribution in [2.45, 2.75) is 12.8 Å². The molecule has 0 radical (unpaired) electrons. The zero-order valence-electron chi connectivity index (χ0n) is 16.2. The van der Waals surface area contributed by atoms with Crippen LogP contribution in [0, 0.1) is 0 Å². The van der Waals surface area contributed by atoms with Crippen LogP contribution in [0.25, 0.3) is 0 Å². The summed E-state index contributed by atoms with van der Waals surface area (Å²) in [6.07, 6.45) is 0.343. The van der Waals surface area contributed by atoms with Crippen molar-refractivity contribution in [3.8, 4) is 5.75 Å². The molecule has 0 spiro atoms. The Hall–Kier alpha value is -2.71. The fraction of sp³-hybridized carbons (Fsp3) is 0.381. The number of carbonyl (C=O) groups is 3. The van der Waals surface area contributed by atoms with Gasteiger partial charge in [-0.25, -0.2) is 0 Å². The number of esters is 1. The molecule has 7 nitrogen and oxygen atoms in total. The van der Waals surface area contributed by atoms with E-state index in [1.807, 2.05) is 0 Å². The van der Waals surface area contributed by atoms with E-state index in [0.29, 0.717) is 36.9 Å². The molecule has 0 unspecified atom stereocenters. The zero-order valence-corrected chi connectivity index (χ0v) is 17.0. The molecular weight excluding hydrogens is 394 g/mol. The van der Waals surface area contributed by atoms with E-state index in [-0.39, 0.29) is 31.1 Å². The lowest BCUT2D eigenvalue weighted by Crippen LogP contribution is -2.41. The Morgan fingerprint density at radius 1 is 1.03 bits per heavy atom. The quantitative estimate of drug-likeness (QED) is 0.483. The van der Waals surface area contributed by atoms with Crippen LogP contribution in [-0.4, -0.2) is 62.6 Å². The Labute approximate surface area is 173 Å². The molecule has 1 aliphatic heterocycles. The minimum atomic E-state index is -0.470. The van der Waals surface area contributed by atoms with Crippen molar-refractivity contribution in [2.75, 3.05) is 40.0 Å². The third-order valence-electron chi connectivity index (χ3n) is 4.50. The van der Waals surface area contributed by atoms with Crippen LogP contribution in [-0.2, 0) is 31.9 Å². The van der Waals surface area contributed by atoms with E-state index in [1.54, 1.807) is 48.4 Å². The Morgan fingerprint density at radius 2 is 1.76 bits per heavy atom. The second kappa shape index (κ2) is 10.2. The molecule has 154 valence electrons. The van der Waals surface area contributed by atoms with Gasteiger partial charge in [0.1, 0.15) is 5.75 Å². The number of hydrogen-bond acceptors (Lipinski definition) is 7. The van der Waals surface area contributed by atoms with Gasteiger partial charge in [-0.05, 0) is 29.8 Å². The van der Waals surface area contributed by atoms with Gasteiger partial charge in [0.25, 0.3) is 0 Å². The molecule has 1 aliphatic rings. The van der Waals surface area contributed by atoms with Crippen LogP contribution in [0.3, 0.4) is 0 Å². The summed E-state index contributed by atoms with van der Waals surface area (Å²) in [7, 11) is 1.57. The van der Waals surface area contributed by atoms with Crippen LogP contribution in [0.1, 0.15) is 20.1 Å². The molecule has 3 rings (SSSR count). The van der Waals surface area contributed by atoms with Gasteiger partial charge in [-0.1, -0.05) is 12.1 Å². The number of methoxy groups -OCH3 is 1. The van der Waals surface area contributed by atoms with Gasteiger partial charge in [-0.3, -0.25) is 14.4 Å². The van der Waals surface area contributed by atoms with Gasteiger partial charge in [0, 0.05) is 18.0 Å². The normalized spacial score (nSPS) is 13.8. The largest absolute Gasteiger partial charge is 0.497 e. The summed E-state index contributed by atoms with van der Waals surface area (Å²) in [6, 6.07) is 10.5. The second-order valence-electron chi connectivity index (χ2n) is 6.54. The molecule has 2 aromatic rings. The fourth-order valence-electron chi connectivity index (χ4n) is 2.87. The lowest BCUT2D eigenvalue weighted by atomic mass is 10.1. The summed E-state index contributed by atoms with van der Waals surface area (Å²) in [5.74, 6) is -0.0103. The van der Waals surface area contributed by atoms with Gasteiger partial charge in [0.2, 0.25) is 11.7 Å². The average Bonchev–Trinajstić information content (AvgIpc) is 3.21. The predicted molar refractivity (Wildman–Crippen MR) is 107 cm³/mol. The first kappa shape index (κ1) is 21.0. The molecule has 29 heavy (non-hydrogen) atoms. The summed E-state index contributed by atoms with van der Waals surface area (Å²) in [4.78, 5) is 39.6. The number of Topliss-reactive ketones (excluding diaryl/α,β-unsaturated/α-hetero) is 1. The Kier molecular flexibility index (Phi) is 7.37. The van der Waals surface area contributed by atoms with Crippen LogP contribution in [0.15, 0.2) is 36.4 Å². The summed E-state index contributed by atoms with van der Waals surface area (Å²) >= 11 is 1.26. The molecule has 0 bridgehead atoms. The van der Waals surface area contributed by atoms with Crippen LogP contribution < -0.4 is 4.74 Å². The standard InChI is InChI=1S/C21H23NO6S/c1-26-16-4-2-15(3-5-16)12-21(25)28-14-18(23)19-7-6-17(29-19)13-20(24)22-8-10-27-11-9-22/h2-7H,8-14H2,1H3. The number of benzene rings is 1. The number of rotatable bonds is 8. The molecule has 1 amide bonds. The molecular formula is C21H23NO6S. The number of ether oxygens (including phenoxy) is 3. The third kappa shape index (κ3) is 6.13. The number of morpholine rings is 1. The number of ketones is 1. The zero-order chi connectivity index (χ0) is 20.6. The van der Waals surface area contributed by atoms with Crippen LogP contribution in [0.2, 0.25) is 0 Å². The highest BCUT2D eigenvalue weighted by Gasteiger charge is 2.19. The predicted octanol–water partition coefficient (Wildman–Crippen LogP) is 2.13. The van der Waals surface area contributed by atoms with Crippen molar-refractivity contribution in [1.29, 1.82) is 0 Å². The number of carbonyl (C=O) groups excluding carboxylic acids is 3. The monoisotopic (exact) mass is 417 g/mol. The maximum absolute atomic E-state index is 12.3. The van der Waals surface area contributed by atoms with Crippen LogP contribution >= 0.6 is 11.3 Å². The van der Waals surface area contributed by atoms with E-state index in [0.717, 1.165) is 10.4 Å². The molecule has 1 aromatic carbocycles. The molecule has 0 saturated carbocycles. The highest BCUT2D eigenvalue weighted by Crippen LogP contribution is 2.19. The summed E-state index contributed by atoms with van der Waals surface area (Å²) < 4.78 is 15.4. The van der Waals surface area contributed by atoms with E-state index in [1.165, 1.54) is 11.3 Å². The van der Waals surface area contributed by atoms with Gasteiger partial charge in [0.05, 0.1) is 38.0 Å². The van der Waals surface area contributed by atoms with Crippen molar-refractivity contribution >= 4 is 29.0 Å². The van der Waals surface area contributed by atoms with E-state index >= 15 is 0 Å². The minimum absolute atomic E-state index is 0.0278. The summed E-state index contributed by atoms with van der Waals surface area (Å²) in [5, 5.41) is 0. The van der Waals surface area contributed by atoms with E-state index < -0.39 is 5.97 Å². The Balaban J connectivity index is 1.45. The Morgan fingerprint density at radius 3 is 2.45 bits per heavy atom. The molecule has 1 fully saturated rings. The van der Waals surface area contributed by atoms with Gasteiger partial charge in [-0.2, -0.15) is 0 Å². The van der Waals surface area contributed by atoms with Crippen molar-refractivity contribution < 1.29 is 28.6 Å². The van der Waals surface area contributed by atoms with Gasteiger partial charge in [0.15, 0.2) is 6.61 Å². The van der Waals surface area contributed by atoms with E-state index in [9.17, 15) is 14.4 Å². The minimum Gasteiger partial charge on any atom is -0.497 e. The van der Waals surface area contributed by atoms with Crippen molar-refractivity contribution in [3.63, 3.8) is 0 Å². The molecule has 0 atom stereocenters. The van der Waals surface area contributed by atoms with Gasteiger partial charge in [-0.15, -0.1) is 11.3 Å². The van der Waals surface area contributed by atoms with E-state index in [4.69, 9.17) is 14.2 Å². The van der Waals surface area contributed by atoms with Crippen LogP contribution in [0.5, 0.6) is 5.75 Å². The number of nitrogens with zero attached hydrogens (tertiary/aromatic N) is 1.